The second-order valence-electron chi connectivity index (χ2n) is 14.4. The lowest BCUT2D eigenvalue weighted by atomic mass is 9.98. The second kappa shape index (κ2) is 25.6. The van der Waals surface area contributed by atoms with Crippen LogP contribution >= 0.6 is 11.8 Å². The van der Waals surface area contributed by atoms with Crippen molar-refractivity contribution in [1.29, 1.82) is 0 Å². The van der Waals surface area contributed by atoms with Crippen LogP contribution in [0.5, 0.6) is 0 Å². The summed E-state index contributed by atoms with van der Waals surface area (Å²) in [5, 5.41) is 31.2. The van der Waals surface area contributed by atoms with Crippen LogP contribution < -0.4 is 38.1 Å². The third kappa shape index (κ3) is 17.2. The number of aliphatic carboxylic acids is 2. The van der Waals surface area contributed by atoms with E-state index >= 15 is 0 Å². The van der Waals surface area contributed by atoms with E-state index in [0.717, 1.165) is 5.56 Å². The molecule has 2 aromatic carbocycles. The molecular formula is C40H56N8O11S. The third-order valence-corrected chi connectivity index (χ3v) is 9.73. The number of thioether (sulfide) groups is 1. The van der Waals surface area contributed by atoms with Gasteiger partial charge >= 0.3 is 11.9 Å². The fourth-order valence-corrected chi connectivity index (χ4v) is 6.47. The minimum Gasteiger partial charge on any atom is -0.481 e. The van der Waals surface area contributed by atoms with Crippen molar-refractivity contribution >= 4 is 65.1 Å². The molecule has 0 aliphatic heterocycles. The molecule has 0 spiro atoms. The van der Waals surface area contributed by atoms with Crippen molar-refractivity contribution in [2.24, 2.45) is 17.4 Å². The van der Waals surface area contributed by atoms with Crippen molar-refractivity contribution < 1.29 is 53.4 Å². The standard InChI is InChI=1S/C40H56N8O11S/c1-23(2)17-31(39(58)45-27(35(42)54)15-16-60-4)48(32(49)22-44-37(56)28(43-3)18-24-11-7-5-8-12-24)40(59)30(19-25-13-9-6-10-14-25)47-38(57)29(21-34(52)53)46-36(55)26(41)20-33(50)51/h5-14,23,26-31,43H,15-22,41H2,1-4H3,(H2,42,54)(H,44,56)(H,45,58)(H,46,55)(H,47,57)(H,50,51)(H,52,53)/t26-,27-,28-,29-,30-,31-/m0/s1. The number of carboxylic acid groups (broad SMARTS) is 2. The molecule has 60 heavy (non-hydrogen) atoms. The lowest BCUT2D eigenvalue weighted by Crippen LogP contribution is -2.63. The van der Waals surface area contributed by atoms with Gasteiger partial charge in [-0.25, -0.2) is 0 Å². The molecule has 0 saturated carbocycles. The first-order chi connectivity index (χ1) is 28.4. The summed E-state index contributed by atoms with van der Waals surface area (Å²) in [5.41, 5.74) is 12.5. The van der Waals surface area contributed by atoms with Crippen molar-refractivity contribution in [2.45, 2.75) is 88.6 Å². The van der Waals surface area contributed by atoms with Gasteiger partial charge in [0.05, 0.1) is 31.5 Å². The van der Waals surface area contributed by atoms with Gasteiger partial charge in [0.1, 0.15) is 24.2 Å². The third-order valence-electron chi connectivity index (χ3n) is 9.09. The molecule has 0 aliphatic carbocycles. The van der Waals surface area contributed by atoms with E-state index in [4.69, 9.17) is 16.6 Å². The molecule has 0 heterocycles. The maximum absolute atomic E-state index is 14.9. The number of nitrogens with zero attached hydrogens (tertiary/aromatic N) is 1. The van der Waals surface area contributed by atoms with Gasteiger partial charge in [0.25, 0.3) is 5.91 Å². The lowest BCUT2D eigenvalue weighted by molar-refractivity contribution is -0.155. The van der Waals surface area contributed by atoms with Crippen molar-refractivity contribution in [1.82, 2.24) is 31.5 Å². The number of nitrogens with two attached hydrogens (primary N) is 2. The van der Waals surface area contributed by atoms with Crippen LogP contribution in [0.25, 0.3) is 0 Å². The monoisotopic (exact) mass is 856 g/mol. The summed E-state index contributed by atoms with van der Waals surface area (Å²) < 4.78 is 0. The first kappa shape index (κ1) is 50.3. The van der Waals surface area contributed by atoms with E-state index in [2.05, 4.69) is 26.6 Å². The summed E-state index contributed by atoms with van der Waals surface area (Å²) in [7, 11) is 1.55. The molecular weight excluding hydrogens is 801 g/mol. The first-order valence-corrected chi connectivity index (χ1v) is 20.5. The Balaban J connectivity index is 2.67. The number of carbonyl (C=O) groups is 9. The molecule has 7 amide bonds. The maximum atomic E-state index is 14.9. The Morgan fingerprint density at radius 3 is 1.70 bits per heavy atom. The fourth-order valence-electron chi connectivity index (χ4n) is 6.00. The largest absolute Gasteiger partial charge is 0.481 e. The highest BCUT2D eigenvalue weighted by Crippen LogP contribution is 2.18. The van der Waals surface area contributed by atoms with Crippen molar-refractivity contribution in [3.63, 3.8) is 0 Å². The van der Waals surface area contributed by atoms with Crippen LogP contribution in [-0.2, 0) is 56.0 Å². The molecule has 0 aromatic heterocycles. The van der Waals surface area contributed by atoms with E-state index < -0.39 is 109 Å². The minimum atomic E-state index is -1.88. The molecule has 20 heteroatoms. The topological polar surface area (TPSA) is 310 Å². The van der Waals surface area contributed by atoms with Crippen LogP contribution in [0.1, 0.15) is 50.7 Å². The van der Waals surface area contributed by atoms with Crippen molar-refractivity contribution in [2.75, 3.05) is 25.6 Å². The summed E-state index contributed by atoms with van der Waals surface area (Å²) in [6, 6.07) is 8.31. The molecule has 0 radical (unpaired) electrons. The Labute approximate surface area is 352 Å². The van der Waals surface area contributed by atoms with Crippen LogP contribution in [0.3, 0.4) is 0 Å². The summed E-state index contributed by atoms with van der Waals surface area (Å²) in [6.07, 6.45) is -0.180. The van der Waals surface area contributed by atoms with E-state index in [-0.39, 0.29) is 31.6 Å². The highest BCUT2D eigenvalue weighted by molar-refractivity contribution is 7.98. The lowest BCUT2D eigenvalue weighted by Gasteiger charge is -2.34. The number of hydrogen-bond donors (Lipinski definition) is 9. The highest BCUT2D eigenvalue weighted by atomic mass is 32.2. The highest BCUT2D eigenvalue weighted by Gasteiger charge is 2.41. The molecule has 2 aromatic rings. The van der Waals surface area contributed by atoms with Crippen LogP contribution in [0.4, 0.5) is 0 Å². The SMILES string of the molecule is CN[C@@H](Cc1ccccc1)C(=O)NCC(=O)N(C(=O)[C@H](Cc1ccccc1)NC(=O)[C@H](CC(=O)O)NC(=O)[C@@H](N)CC(=O)O)[C@@H](CC(C)C)C(=O)N[C@@H](CCSC)C(N)=O. The molecule has 2 rings (SSSR count). The average Bonchev–Trinajstić information content (AvgIpc) is 3.19. The predicted octanol–water partition coefficient (Wildman–Crippen LogP) is -1.08. The number of primary amides is 1. The minimum absolute atomic E-state index is 0.126. The molecule has 0 fully saturated rings. The van der Waals surface area contributed by atoms with Crippen molar-refractivity contribution in [3.8, 4) is 0 Å². The molecule has 0 aliphatic rings. The number of carbonyl (C=O) groups excluding carboxylic acids is 7. The van der Waals surface area contributed by atoms with E-state index in [1.54, 1.807) is 69.6 Å². The number of imide groups is 1. The number of amides is 7. The van der Waals surface area contributed by atoms with Gasteiger partial charge in [-0.1, -0.05) is 74.5 Å². The summed E-state index contributed by atoms with van der Waals surface area (Å²) in [4.78, 5) is 119. The Morgan fingerprint density at radius 2 is 1.22 bits per heavy atom. The van der Waals surface area contributed by atoms with Gasteiger partial charge in [0, 0.05) is 6.42 Å². The smallest absolute Gasteiger partial charge is 0.305 e. The molecule has 0 saturated heterocycles. The Morgan fingerprint density at radius 1 is 0.700 bits per heavy atom. The van der Waals surface area contributed by atoms with Crippen LogP contribution in [0, 0.1) is 5.92 Å². The number of hydrogen-bond acceptors (Lipinski definition) is 12. The Bertz CT molecular complexity index is 1800. The first-order valence-electron chi connectivity index (χ1n) is 19.2. The molecule has 6 atom stereocenters. The van der Waals surface area contributed by atoms with Crippen molar-refractivity contribution in [3.05, 3.63) is 71.8 Å². The molecule has 19 nitrogen and oxygen atoms in total. The zero-order valence-corrected chi connectivity index (χ0v) is 34.9. The van der Waals surface area contributed by atoms with Gasteiger partial charge in [0.15, 0.2) is 0 Å². The van der Waals surface area contributed by atoms with Gasteiger partial charge in [-0.2, -0.15) is 11.8 Å². The molecule has 11 N–H and O–H groups in total. The summed E-state index contributed by atoms with van der Waals surface area (Å²) in [5.74, 6) is -9.90. The van der Waals surface area contributed by atoms with Gasteiger partial charge < -0.3 is 48.3 Å². The Hall–Kier alpha value is -5.86. The maximum Gasteiger partial charge on any atom is 0.305 e. The van der Waals surface area contributed by atoms with Crippen LogP contribution in [0.15, 0.2) is 60.7 Å². The number of nitrogens with one attached hydrogen (secondary N) is 5. The zero-order valence-electron chi connectivity index (χ0n) is 34.1. The number of benzene rings is 2. The van der Waals surface area contributed by atoms with Gasteiger partial charge in [-0.15, -0.1) is 0 Å². The van der Waals surface area contributed by atoms with Gasteiger partial charge in [-0.05, 0) is 55.4 Å². The van der Waals surface area contributed by atoms with Gasteiger partial charge in [0.2, 0.25) is 35.4 Å². The Kier molecular flexibility index (Phi) is 21.4. The molecule has 328 valence electrons. The van der Waals surface area contributed by atoms with E-state index in [9.17, 15) is 48.3 Å². The summed E-state index contributed by atoms with van der Waals surface area (Å²) >= 11 is 1.39. The van der Waals surface area contributed by atoms with Gasteiger partial charge in [-0.3, -0.25) is 48.1 Å². The van der Waals surface area contributed by atoms with Crippen LogP contribution in [-0.4, -0.2) is 130 Å². The number of rotatable bonds is 26. The number of likely N-dealkylation sites (N-methyl/N-ethyl adjacent to an activating group) is 1. The predicted molar refractivity (Wildman–Crippen MR) is 222 cm³/mol. The summed E-state index contributed by atoms with van der Waals surface area (Å²) in [6.45, 7) is 2.64. The quantitative estimate of drug-likeness (QED) is 0.0544. The molecule has 0 bridgehead atoms. The molecule has 0 unspecified atom stereocenters. The van der Waals surface area contributed by atoms with E-state index in [1.165, 1.54) is 11.8 Å². The van der Waals surface area contributed by atoms with E-state index in [0.29, 0.717) is 16.2 Å². The van der Waals surface area contributed by atoms with E-state index in [1.807, 2.05) is 18.2 Å². The van der Waals surface area contributed by atoms with Crippen LogP contribution in [0.2, 0.25) is 0 Å². The number of carboxylic acids is 2. The average molecular weight is 857 g/mol. The normalized spacial score (nSPS) is 14.0. The fraction of sp³-hybridized carbons (Fsp3) is 0.475. The second-order valence-corrected chi connectivity index (χ2v) is 15.3. The zero-order chi connectivity index (χ0) is 44.9.